The second-order valence-corrected chi connectivity index (χ2v) is 7.75. The predicted octanol–water partition coefficient (Wildman–Crippen LogP) is 3.44. The van der Waals surface area contributed by atoms with E-state index < -0.39 is 14.2 Å². The van der Waals surface area contributed by atoms with Gasteiger partial charge in [0.2, 0.25) is 0 Å². The van der Waals surface area contributed by atoms with Gasteiger partial charge in [0.05, 0.1) is 20.6 Å². The molecule has 0 amide bonds. The molecule has 4 nitrogen and oxygen atoms in total. The largest absolute Gasteiger partial charge is 0.702 e. The van der Waals surface area contributed by atoms with Gasteiger partial charge < -0.3 is 4.55 Å². The molecule has 0 saturated heterocycles. The number of hydrogen-bond acceptors (Lipinski definition) is 3. The third kappa shape index (κ3) is 9.41. The second-order valence-electron chi connectivity index (χ2n) is 5.91. The van der Waals surface area contributed by atoms with Crippen LogP contribution in [0.2, 0.25) is 0 Å². The molecule has 0 aliphatic rings. The Labute approximate surface area is 119 Å². The van der Waals surface area contributed by atoms with Crippen molar-refractivity contribution in [1.82, 2.24) is 0 Å². The van der Waals surface area contributed by atoms with Crippen LogP contribution in [-0.2, 0) is 10.3 Å². The van der Waals surface area contributed by atoms with E-state index in [4.69, 9.17) is 0 Å². The van der Waals surface area contributed by atoms with E-state index in [-0.39, 0.29) is 0 Å². The van der Waals surface area contributed by atoms with Crippen LogP contribution in [0.1, 0.15) is 71.1 Å². The van der Waals surface area contributed by atoms with Gasteiger partial charge in [0, 0.05) is 0 Å². The summed E-state index contributed by atoms with van der Waals surface area (Å²) in [7, 11) is -1.29. The number of quaternary nitrogens is 1. The molecule has 0 aliphatic heterocycles. The lowest BCUT2D eigenvalue weighted by atomic mass is 10.1. The lowest BCUT2D eigenvalue weighted by Crippen LogP contribution is -2.45. The molecule has 5 heteroatoms. The van der Waals surface area contributed by atoms with Gasteiger partial charge >= 0.3 is 0 Å². The highest BCUT2D eigenvalue weighted by Crippen LogP contribution is 2.13. The Morgan fingerprint density at radius 2 is 1.16 bits per heavy atom. The highest BCUT2D eigenvalue weighted by Gasteiger charge is 2.22. The maximum absolute atomic E-state index is 11.0. The van der Waals surface area contributed by atoms with Gasteiger partial charge in [0.25, 0.3) is 10.3 Å². The quantitative estimate of drug-likeness (QED) is 0.314. The van der Waals surface area contributed by atoms with Crippen molar-refractivity contribution in [2.24, 2.45) is 0 Å². The number of rotatable bonds is 12. The fourth-order valence-corrected chi connectivity index (χ4v) is 2.44. The van der Waals surface area contributed by atoms with Crippen molar-refractivity contribution in [2.75, 3.05) is 20.6 Å². The third-order valence-corrected chi connectivity index (χ3v) is 5.05. The van der Waals surface area contributed by atoms with Crippen LogP contribution in [0.5, 0.6) is 0 Å². The molecule has 116 valence electrons. The van der Waals surface area contributed by atoms with E-state index in [0.717, 1.165) is 19.3 Å². The zero-order chi connectivity index (χ0) is 14.8. The first kappa shape index (κ1) is 18.9. The molecule has 0 fully saturated rings. The molecule has 0 spiro atoms. The molecule has 0 saturated carbocycles. The van der Waals surface area contributed by atoms with E-state index in [1.165, 1.54) is 59.0 Å². The monoisotopic (exact) mass is 293 g/mol. The van der Waals surface area contributed by atoms with Crippen molar-refractivity contribution in [1.29, 1.82) is 0 Å². The fourth-order valence-electron chi connectivity index (χ4n) is 2.09. The van der Waals surface area contributed by atoms with Crippen LogP contribution in [0, 0.1) is 0 Å². The minimum atomic E-state index is -4.23. The van der Waals surface area contributed by atoms with Crippen molar-refractivity contribution in [3.05, 3.63) is 0 Å². The van der Waals surface area contributed by atoms with Crippen LogP contribution in [0.3, 0.4) is 0 Å². The van der Waals surface area contributed by atoms with Crippen molar-refractivity contribution in [3.8, 4) is 0 Å². The summed E-state index contributed by atoms with van der Waals surface area (Å²) >= 11 is 0. The molecule has 0 atom stereocenters. The molecule has 0 aromatic heterocycles. The number of unbranched alkanes of at least 4 members (excludes halogenated alkanes) is 9. The van der Waals surface area contributed by atoms with Gasteiger partial charge in [-0.3, -0.25) is 0 Å². The Morgan fingerprint density at radius 1 is 0.789 bits per heavy atom. The highest BCUT2D eigenvalue weighted by molar-refractivity contribution is 7.79. The van der Waals surface area contributed by atoms with E-state index in [9.17, 15) is 13.0 Å². The molecule has 0 aromatic carbocycles. The summed E-state index contributed by atoms with van der Waals surface area (Å²) in [5.74, 6) is 0. The molecule has 0 unspecified atom stereocenters. The SMILES string of the molecule is CCCCCCCCCCCC[N+](C)(C)S(=O)(=O)[O-]. The maximum atomic E-state index is 11.0. The summed E-state index contributed by atoms with van der Waals surface area (Å²) in [6.07, 6.45) is 12.1. The molecule has 0 N–H and O–H groups in total. The molecule has 0 aromatic rings. The van der Waals surface area contributed by atoms with Gasteiger partial charge in [0.15, 0.2) is 0 Å². The summed E-state index contributed by atoms with van der Waals surface area (Å²) in [6.45, 7) is 2.64. The van der Waals surface area contributed by atoms with Crippen LogP contribution in [0.25, 0.3) is 0 Å². The van der Waals surface area contributed by atoms with Gasteiger partial charge in [-0.05, 0) is 12.8 Å². The second kappa shape index (κ2) is 9.72. The summed E-state index contributed by atoms with van der Waals surface area (Å²) in [6, 6.07) is 0. The minimum absolute atomic E-state index is 0.419. The number of hydrogen-bond donors (Lipinski definition) is 0. The van der Waals surface area contributed by atoms with E-state index in [1.807, 2.05) is 0 Å². The van der Waals surface area contributed by atoms with Crippen LogP contribution in [0.15, 0.2) is 0 Å². The molecule has 0 rings (SSSR count). The Bertz CT molecular complexity index is 313. The highest BCUT2D eigenvalue weighted by atomic mass is 32.2. The van der Waals surface area contributed by atoms with Crippen molar-refractivity contribution in [3.63, 3.8) is 0 Å². The van der Waals surface area contributed by atoms with Gasteiger partial charge in [0.1, 0.15) is 0 Å². The van der Waals surface area contributed by atoms with Gasteiger partial charge in [-0.15, -0.1) is 0 Å². The molecule has 0 radical (unpaired) electrons. The Kier molecular flexibility index (Phi) is 9.66. The summed E-state index contributed by atoms with van der Waals surface area (Å²) in [5.41, 5.74) is 0. The van der Waals surface area contributed by atoms with Crippen LogP contribution >= 0.6 is 0 Å². The maximum Gasteiger partial charge on any atom is 0.254 e. The Morgan fingerprint density at radius 3 is 1.53 bits per heavy atom. The summed E-state index contributed by atoms with van der Waals surface area (Å²) < 4.78 is 32.4. The van der Waals surface area contributed by atoms with E-state index in [1.54, 1.807) is 0 Å². The average molecular weight is 293 g/mol. The molecule has 0 bridgehead atoms. The Balaban J connectivity index is 3.42. The van der Waals surface area contributed by atoms with Crippen LogP contribution in [-0.4, -0.2) is 37.5 Å². The lowest BCUT2D eigenvalue weighted by molar-refractivity contribution is -0.768. The predicted molar refractivity (Wildman–Crippen MR) is 78.5 cm³/mol. The first-order chi connectivity index (χ1) is 8.81. The van der Waals surface area contributed by atoms with Gasteiger partial charge in [-0.1, -0.05) is 58.3 Å². The minimum Gasteiger partial charge on any atom is -0.702 e. The smallest absolute Gasteiger partial charge is 0.254 e. The molecular formula is C14H31NO3S. The molecule has 19 heavy (non-hydrogen) atoms. The third-order valence-electron chi connectivity index (χ3n) is 3.66. The molecule has 0 aliphatic carbocycles. The zero-order valence-corrected chi connectivity index (χ0v) is 13.7. The molecule has 0 heterocycles. The normalized spacial score (nSPS) is 12.8. The van der Waals surface area contributed by atoms with Crippen LogP contribution < -0.4 is 0 Å². The van der Waals surface area contributed by atoms with E-state index in [2.05, 4.69) is 6.92 Å². The zero-order valence-electron chi connectivity index (χ0n) is 12.9. The molecular weight excluding hydrogens is 262 g/mol. The number of nitrogens with zero attached hydrogens (tertiary/aromatic N) is 1. The first-order valence-electron chi connectivity index (χ1n) is 7.60. The fraction of sp³-hybridized carbons (Fsp3) is 1.00. The van der Waals surface area contributed by atoms with Crippen molar-refractivity contribution in [2.45, 2.75) is 71.1 Å². The van der Waals surface area contributed by atoms with Crippen LogP contribution in [0.4, 0.5) is 0 Å². The Hall–Kier alpha value is -0.130. The van der Waals surface area contributed by atoms with Crippen molar-refractivity contribution >= 4 is 10.3 Å². The van der Waals surface area contributed by atoms with Gasteiger partial charge in [-0.25, -0.2) is 3.89 Å². The summed E-state index contributed by atoms with van der Waals surface area (Å²) in [5, 5.41) is 0. The van der Waals surface area contributed by atoms with Gasteiger partial charge in [-0.2, -0.15) is 8.42 Å². The van der Waals surface area contributed by atoms with Crippen molar-refractivity contribution < 1.29 is 16.9 Å². The standard InChI is InChI=1S/C14H31NO3S/c1-4-5-6-7-8-9-10-11-12-13-14-15(2,3)19(16,17)18/h4-14H2,1-3H3. The van der Waals surface area contributed by atoms with E-state index >= 15 is 0 Å². The lowest BCUT2D eigenvalue weighted by Gasteiger charge is -2.30. The van der Waals surface area contributed by atoms with E-state index in [0.29, 0.717) is 6.54 Å². The summed E-state index contributed by atoms with van der Waals surface area (Å²) in [4.78, 5) is 0. The first-order valence-corrected chi connectivity index (χ1v) is 8.97. The topological polar surface area (TPSA) is 57.2 Å². The average Bonchev–Trinajstić information content (AvgIpc) is 2.30.